The lowest BCUT2D eigenvalue weighted by Gasteiger charge is -2.62. The van der Waals surface area contributed by atoms with Gasteiger partial charge in [-0.05, 0) is 31.1 Å². The molecule has 1 aromatic carbocycles. The van der Waals surface area contributed by atoms with Crippen molar-refractivity contribution in [3.05, 3.63) is 33.7 Å². The molecule has 2 heterocycles. The van der Waals surface area contributed by atoms with Gasteiger partial charge < -0.3 is 19.4 Å². The van der Waals surface area contributed by atoms with Crippen LogP contribution in [-0.2, 0) is 6.61 Å². The summed E-state index contributed by atoms with van der Waals surface area (Å²) in [6, 6.07) is 2.81. The lowest BCUT2D eigenvalue weighted by atomic mass is 9.45. The maximum atomic E-state index is 12.5. The zero-order valence-corrected chi connectivity index (χ0v) is 14.6. The number of fused-ring (bicyclic) bond motifs is 4. The number of hydrogen-bond donors (Lipinski definition) is 2. The fraction of sp³-hybridized carbons (Fsp3) is 0.550. The quantitative estimate of drug-likeness (QED) is 0.831. The maximum absolute atomic E-state index is 12.5. The van der Waals surface area contributed by atoms with Crippen molar-refractivity contribution in [2.45, 2.75) is 51.7 Å². The Hall–Kier alpha value is -2.01. The summed E-state index contributed by atoms with van der Waals surface area (Å²) in [6.45, 7) is 6.34. The third-order valence-electron chi connectivity index (χ3n) is 7.05. The maximum Gasteiger partial charge on any atom is 0.196 e. The van der Waals surface area contributed by atoms with E-state index in [2.05, 4.69) is 20.8 Å². The molecule has 5 rings (SSSR count). The van der Waals surface area contributed by atoms with Gasteiger partial charge in [-0.2, -0.15) is 0 Å². The predicted octanol–water partition coefficient (Wildman–Crippen LogP) is 3.29. The second-order valence-electron chi connectivity index (χ2n) is 8.63. The Morgan fingerprint density at radius 2 is 2.04 bits per heavy atom. The molecule has 2 fully saturated rings. The first-order valence-corrected chi connectivity index (χ1v) is 8.90. The molecule has 3 aliphatic rings. The minimum Gasteiger partial charge on any atom is -0.507 e. The van der Waals surface area contributed by atoms with Crippen LogP contribution in [0.4, 0.5) is 0 Å². The summed E-state index contributed by atoms with van der Waals surface area (Å²) in [5, 5.41) is 20.0. The highest BCUT2D eigenvalue weighted by molar-refractivity contribution is 5.89. The van der Waals surface area contributed by atoms with Crippen LogP contribution in [0.15, 0.2) is 21.3 Å². The minimum atomic E-state index is -0.353. The van der Waals surface area contributed by atoms with Crippen LogP contribution in [0.2, 0.25) is 0 Å². The topological polar surface area (TPSA) is 79.9 Å². The first-order chi connectivity index (χ1) is 11.8. The zero-order chi connectivity index (χ0) is 17.7. The van der Waals surface area contributed by atoms with Crippen LogP contribution in [0.1, 0.15) is 50.9 Å². The molecule has 0 radical (unpaired) electrons. The molecule has 5 nitrogen and oxygen atoms in total. The number of rotatable bonds is 1. The number of aromatic hydroxyl groups is 1. The average molecular weight is 342 g/mol. The summed E-state index contributed by atoms with van der Waals surface area (Å²) in [6.07, 6.45) is 2.13. The Labute approximate surface area is 145 Å². The molecule has 5 heteroatoms. The molecule has 2 aromatic rings. The zero-order valence-electron chi connectivity index (χ0n) is 14.6. The van der Waals surface area contributed by atoms with E-state index in [4.69, 9.17) is 9.15 Å². The van der Waals surface area contributed by atoms with Crippen molar-refractivity contribution < 1.29 is 19.4 Å². The molecule has 0 spiro atoms. The van der Waals surface area contributed by atoms with Crippen molar-refractivity contribution in [2.24, 2.45) is 17.3 Å². The highest BCUT2D eigenvalue weighted by Gasteiger charge is 2.69. The second kappa shape index (κ2) is 4.39. The summed E-state index contributed by atoms with van der Waals surface area (Å²) >= 11 is 0. The highest BCUT2D eigenvalue weighted by Crippen LogP contribution is 2.74. The van der Waals surface area contributed by atoms with Crippen LogP contribution in [0, 0.1) is 17.3 Å². The number of phenols is 1. The molecule has 2 aliphatic carbocycles. The van der Waals surface area contributed by atoms with Crippen LogP contribution in [-0.4, -0.2) is 15.8 Å². The van der Waals surface area contributed by atoms with Crippen LogP contribution in [0.25, 0.3) is 11.0 Å². The molecule has 0 bridgehead atoms. The van der Waals surface area contributed by atoms with Crippen LogP contribution in [0.5, 0.6) is 11.5 Å². The summed E-state index contributed by atoms with van der Waals surface area (Å²) in [5.74, 6) is 1.90. The molecule has 4 atom stereocenters. The van der Waals surface area contributed by atoms with Crippen molar-refractivity contribution in [3.8, 4) is 11.5 Å². The SMILES string of the molecule is CC1(C)[C@@H]2c3c(cc(O)c4c(=O)cc(CO)oc34)O[C@]3(C)CC[C@H]1[C@H]23. The summed E-state index contributed by atoms with van der Waals surface area (Å²) in [5.41, 5.74) is 0.771. The second-order valence-corrected chi connectivity index (χ2v) is 8.63. The van der Waals surface area contributed by atoms with E-state index < -0.39 is 0 Å². The molecule has 0 saturated heterocycles. The van der Waals surface area contributed by atoms with Crippen molar-refractivity contribution in [2.75, 3.05) is 0 Å². The monoisotopic (exact) mass is 342 g/mol. The fourth-order valence-corrected chi connectivity index (χ4v) is 5.95. The molecular weight excluding hydrogens is 320 g/mol. The van der Waals surface area contributed by atoms with Gasteiger partial charge in [-0.3, -0.25) is 4.79 Å². The van der Waals surface area contributed by atoms with Gasteiger partial charge >= 0.3 is 0 Å². The predicted molar refractivity (Wildman–Crippen MR) is 91.8 cm³/mol. The number of aliphatic hydroxyl groups excluding tert-OH is 1. The van der Waals surface area contributed by atoms with E-state index in [1.807, 2.05) is 0 Å². The van der Waals surface area contributed by atoms with Crippen LogP contribution < -0.4 is 10.2 Å². The lowest BCUT2D eigenvalue weighted by molar-refractivity contribution is -0.119. The Morgan fingerprint density at radius 1 is 1.28 bits per heavy atom. The van der Waals surface area contributed by atoms with Crippen LogP contribution in [0.3, 0.4) is 0 Å². The van der Waals surface area contributed by atoms with Gasteiger partial charge in [0, 0.05) is 29.5 Å². The lowest BCUT2D eigenvalue weighted by Crippen LogP contribution is -2.59. The molecular formula is C20H22O5. The highest BCUT2D eigenvalue weighted by atomic mass is 16.5. The Morgan fingerprint density at radius 3 is 2.76 bits per heavy atom. The van der Waals surface area contributed by atoms with Gasteiger partial charge in [0.15, 0.2) is 5.43 Å². The molecule has 1 aromatic heterocycles. The minimum absolute atomic E-state index is 0.0820. The van der Waals surface area contributed by atoms with E-state index in [9.17, 15) is 15.0 Å². The standard InChI is InChI=1S/C20H22O5/c1-19(2)10-4-5-20(3)16(10)17(19)15-13(25-20)7-12(23)14-11(22)6-9(8-21)24-18(14)15/h6-7,10,16-17,21,23H,4-5,8H2,1-3H3/t10-,16+,17+,20+/m0/s1. The number of aliphatic hydroxyl groups is 1. The van der Waals surface area contributed by atoms with Gasteiger partial charge in [-0.1, -0.05) is 13.8 Å². The summed E-state index contributed by atoms with van der Waals surface area (Å²) in [7, 11) is 0. The normalized spacial score (nSPS) is 34.2. The molecule has 25 heavy (non-hydrogen) atoms. The summed E-state index contributed by atoms with van der Waals surface area (Å²) in [4.78, 5) is 12.5. The number of ether oxygens (including phenoxy) is 1. The van der Waals surface area contributed by atoms with Crippen LogP contribution >= 0.6 is 0 Å². The largest absolute Gasteiger partial charge is 0.507 e. The van der Waals surface area contributed by atoms with E-state index >= 15 is 0 Å². The molecule has 2 N–H and O–H groups in total. The van der Waals surface area contributed by atoms with Crippen molar-refractivity contribution in [1.29, 1.82) is 0 Å². The average Bonchev–Trinajstić information content (AvgIpc) is 2.88. The van der Waals surface area contributed by atoms with Gasteiger partial charge in [-0.25, -0.2) is 0 Å². The Bertz CT molecular complexity index is 972. The molecule has 0 unspecified atom stereocenters. The van der Waals surface area contributed by atoms with Crippen molar-refractivity contribution in [3.63, 3.8) is 0 Å². The van der Waals surface area contributed by atoms with Gasteiger partial charge in [-0.15, -0.1) is 0 Å². The van der Waals surface area contributed by atoms with E-state index in [1.165, 1.54) is 6.07 Å². The number of benzene rings is 1. The van der Waals surface area contributed by atoms with E-state index in [1.54, 1.807) is 6.07 Å². The first-order valence-electron chi connectivity index (χ1n) is 8.90. The Balaban J connectivity index is 1.87. The van der Waals surface area contributed by atoms with Gasteiger partial charge in [0.2, 0.25) is 0 Å². The van der Waals surface area contributed by atoms with Gasteiger partial charge in [0.25, 0.3) is 0 Å². The molecule has 1 aliphatic heterocycles. The fourth-order valence-electron chi connectivity index (χ4n) is 5.95. The first kappa shape index (κ1) is 15.3. The third-order valence-corrected chi connectivity index (χ3v) is 7.05. The van der Waals surface area contributed by atoms with Gasteiger partial charge in [0.05, 0.1) is 0 Å². The van der Waals surface area contributed by atoms with Crippen molar-refractivity contribution in [1.82, 2.24) is 0 Å². The molecule has 0 amide bonds. The third kappa shape index (κ3) is 1.65. The van der Waals surface area contributed by atoms with E-state index in [-0.39, 0.29) is 45.9 Å². The molecule has 132 valence electrons. The van der Waals surface area contributed by atoms with Gasteiger partial charge in [0.1, 0.15) is 40.4 Å². The number of phenolic OH excluding ortho intramolecular Hbond substituents is 1. The Kier molecular flexibility index (Phi) is 2.68. The number of hydrogen-bond acceptors (Lipinski definition) is 5. The summed E-state index contributed by atoms with van der Waals surface area (Å²) < 4.78 is 12.2. The van der Waals surface area contributed by atoms with Crippen molar-refractivity contribution >= 4 is 11.0 Å². The molecule has 2 saturated carbocycles. The van der Waals surface area contributed by atoms with E-state index in [0.29, 0.717) is 23.2 Å². The smallest absolute Gasteiger partial charge is 0.196 e. The van der Waals surface area contributed by atoms with E-state index in [0.717, 1.165) is 18.4 Å².